The van der Waals surface area contributed by atoms with Gasteiger partial charge >= 0.3 is 0 Å². The molecule has 0 saturated carbocycles. The van der Waals surface area contributed by atoms with Gasteiger partial charge in [-0.2, -0.15) is 0 Å². The third kappa shape index (κ3) is 1.91. The molecule has 0 unspecified atom stereocenters. The van der Waals surface area contributed by atoms with Gasteiger partial charge in [-0.15, -0.1) is 5.47 Å². The largest absolute Gasteiger partial charge is 0.113 e. The molecular formula is C9H11B. The summed E-state index contributed by atoms with van der Waals surface area (Å²) in [5.74, 6) is 0. The van der Waals surface area contributed by atoms with Gasteiger partial charge in [-0.05, 0) is 12.8 Å². The van der Waals surface area contributed by atoms with E-state index in [0.717, 1.165) is 18.3 Å². The van der Waals surface area contributed by atoms with E-state index in [-0.39, 0.29) is 0 Å². The molecule has 1 aliphatic rings. The summed E-state index contributed by atoms with van der Waals surface area (Å²) in [6, 6.07) is 0. The number of rotatable bonds is 1. The van der Waals surface area contributed by atoms with Crippen molar-refractivity contribution in [3.8, 4) is 0 Å². The molecule has 1 aliphatic carbocycles. The van der Waals surface area contributed by atoms with Gasteiger partial charge in [0, 0.05) is 0 Å². The van der Waals surface area contributed by atoms with Gasteiger partial charge in [-0.1, -0.05) is 36.8 Å². The monoisotopic (exact) mass is 130 g/mol. The zero-order valence-electron chi connectivity index (χ0n) is 6.30. The summed E-state index contributed by atoms with van der Waals surface area (Å²) in [5, 5.41) is 0. The molecule has 0 spiro atoms. The van der Waals surface area contributed by atoms with E-state index >= 15 is 0 Å². The van der Waals surface area contributed by atoms with Gasteiger partial charge in [0.2, 0.25) is 0 Å². The molecule has 0 saturated heterocycles. The van der Waals surface area contributed by atoms with Crippen molar-refractivity contribution >= 4 is 7.85 Å². The topological polar surface area (TPSA) is 0 Å². The van der Waals surface area contributed by atoms with Crippen molar-refractivity contribution in [1.29, 1.82) is 0 Å². The molecule has 0 heterocycles. The Hall–Kier alpha value is -0.715. The first kappa shape index (κ1) is 7.39. The SMILES string of the molecule is [B]C1=CCC=C(CC)C=C1. The Labute approximate surface area is 63.7 Å². The number of allylic oxidation sites excluding steroid dienone is 6. The highest BCUT2D eigenvalue weighted by Gasteiger charge is 1.91. The van der Waals surface area contributed by atoms with Crippen molar-refractivity contribution in [1.82, 2.24) is 0 Å². The lowest BCUT2D eigenvalue weighted by Crippen LogP contribution is -1.72. The molecule has 1 rings (SSSR count). The van der Waals surface area contributed by atoms with Crippen LogP contribution in [0.1, 0.15) is 19.8 Å². The third-order valence-corrected chi connectivity index (χ3v) is 1.63. The lowest BCUT2D eigenvalue weighted by Gasteiger charge is -1.91. The van der Waals surface area contributed by atoms with E-state index in [1.165, 1.54) is 5.57 Å². The minimum atomic E-state index is 0.875. The summed E-state index contributed by atoms with van der Waals surface area (Å²) < 4.78 is 0. The summed E-state index contributed by atoms with van der Waals surface area (Å²) >= 11 is 0. The van der Waals surface area contributed by atoms with Gasteiger partial charge < -0.3 is 0 Å². The number of hydrogen-bond donors (Lipinski definition) is 0. The Morgan fingerprint density at radius 3 is 2.90 bits per heavy atom. The predicted octanol–water partition coefficient (Wildman–Crippen LogP) is 2.34. The fraction of sp³-hybridized carbons (Fsp3) is 0.333. The molecule has 0 aromatic carbocycles. The quantitative estimate of drug-likeness (QED) is 0.478. The van der Waals surface area contributed by atoms with Crippen molar-refractivity contribution < 1.29 is 0 Å². The van der Waals surface area contributed by atoms with Crippen molar-refractivity contribution in [3.63, 3.8) is 0 Å². The first-order valence-electron chi connectivity index (χ1n) is 3.65. The summed E-state index contributed by atoms with van der Waals surface area (Å²) in [6.07, 6.45) is 10.3. The van der Waals surface area contributed by atoms with Gasteiger partial charge in [0.05, 0.1) is 0 Å². The fourth-order valence-corrected chi connectivity index (χ4v) is 0.948. The Kier molecular flexibility index (Phi) is 2.55. The Morgan fingerprint density at radius 2 is 2.20 bits per heavy atom. The van der Waals surface area contributed by atoms with Crippen LogP contribution in [0.4, 0.5) is 0 Å². The van der Waals surface area contributed by atoms with Gasteiger partial charge in [0.15, 0.2) is 0 Å². The van der Waals surface area contributed by atoms with Crippen LogP contribution < -0.4 is 0 Å². The minimum Gasteiger partial charge on any atom is -0.100 e. The standard InChI is InChI=1S/C9H11B/c1-2-8-4-3-5-9(10)7-6-8/h4-7H,2-3H2,1H3. The zero-order valence-corrected chi connectivity index (χ0v) is 6.30. The molecule has 10 heavy (non-hydrogen) atoms. The maximum absolute atomic E-state index is 5.59. The van der Waals surface area contributed by atoms with Crippen LogP contribution in [0.3, 0.4) is 0 Å². The Bertz CT molecular complexity index is 197. The second kappa shape index (κ2) is 3.45. The van der Waals surface area contributed by atoms with E-state index < -0.39 is 0 Å². The van der Waals surface area contributed by atoms with Crippen molar-refractivity contribution in [2.45, 2.75) is 19.8 Å². The summed E-state index contributed by atoms with van der Waals surface area (Å²) in [5.41, 5.74) is 2.25. The normalized spacial score (nSPS) is 17.7. The third-order valence-electron chi connectivity index (χ3n) is 1.63. The predicted molar refractivity (Wildman–Crippen MR) is 46.0 cm³/mol. The van der Waals surface area contributed by atoms with Crippen LogP contribution in [-0.2, 0) is 0 Å². The van der Waals surface area contributed by atoms with Gasteiger partial charge in [-0.25, -0.2) is 0 Å². The fourth-order valence-electron chi connectivity index (χ4n) is 0.948. The van der Waals surface area contributed by atoms with Crippen LogP contribution in [0.2, 0.25) is 0 Å². The van der Waals surface area contributed by atoms with E-state index in [9.17, 15) is 0 Å². The van der Waals surface area contributed by atoms with Crippen LogP contribution in [-0.4, -0.2) is 7.85 Å². The van der Waals surface area contributed by atoms with E-state index in [4.69, 9.17) is 7.85 Å². The molecule has 0 N–H and O–H groups in total. The van der Waals surface area contributed by atoms with E-state index in [2.05, 4.69) is 19.1 Å². The highest BCUT2D eigenvalue weighted by molar-refractivity contribution is 6.23. The first-order chi connectivity index (χ1) is 4.83. The van der Waals surface area contributed by atoms with Crippen LogP contribution in [0.15, 0.2) is 35.3 Å². The molecule has 0 aliphatic heterocycles. The van der Waals surface area contributed by atoms with Gasteiger partial charge in [-0.3, -0.25) is 0 Å². The second-order valence-electron chi connectivity index (χ2n) is 2.41. The Balaban J connectivity index is 2.69. The zero-order chi connectivity index (χ0) is 7.40. The summed E-state index contributed by atoms with van der Waals surface area (Å²) in [6.45, 7) is 2.15. The molecule has 0 nitrogen and oxygen atoms in total. The highest BCUT2D eigenvalue weighted by Crippen LogP contribution is 2.10. The summed E-state index contributed by atoms with van der Waals surface area (Å²) in [4.78, 5) is 0. The molecule has 0 fully saturated rings. The van der Waals surface area contributed by atoms with Crippen molar-refractivity contribution in [3.05, 3.63) is 35.3 Å². The lowest BCUT2D eigenvalue weighted by atomic mass is 9.95. The molecular weight excluding hydrogens is 119 g/mol. The molecule has 0 aromatic rings. The van der Waals surface area contributed by atoms with E-state index in [0.29, 0.717) is 0 Å². The van der Waals surface area contributed by atoms with Crippen LogP contribution >= 0.6 is 0 Å². The first-order valence-corrected chi connectivity index (χ1v) is 3.65. The van der Waals surface area contributed by atoms with E-state index in [1.807, 2.05) is 12.2 Å². The second-order valence-corrected chi connectivity index (χ2v) is 2.41. The highest BCUT2D eigenvalue weighted by atomic mass is 13.9. The Morgan fingerprint density at radius 1 is 1.40 bits per heavy atom. The molecule has 0 amide bonds. The summed E-state index contributed by atoms with van der Waals surface area (Å²) in [7, 11) is 5.59. The van der Waals surface area contributed by atoms with Crippen LogP contribution in [0.5, 0.6) is 0 Å². The van der Waals surface area contributed by atoms with Crippen LogP contribution in [0.25, 0.3) is 0 Å². The van der Waals surface area contributed by atoms with Crippen LogP contribution in [0, 0.1) is 0 Å². The van der Waals surface area contributed by atoms with Crippen molar-refractivity contribution in [2.24, 2.45) is 0 Å². The molecule has 50 valence electrons. The molecule has 0 aromatic heterocycles. The molecule has 0 bridgehead atoms. The molecule has 0 atom stereocenters. The van der Waals surface area contributed by atoms with E-state index in [1.54, 1.807) is 0 Å². The average Bonchev–Trinajstić information content (AvgIpc) is 2.14. The van der Waals surface area contributed by atoms with Crippen molar-refractivity contribution in [2.75, 3.05) is 0 Å². The van der Waals surface area contributed by atoms with Gasteiger partial charge in [0.25, 0.3) is 0 Å². The van der Waals surface area contributed by atoms with Gasteiger partial charge in [0.1, 0.15) is 7.85 Å². The smallest absolute Gasteiger partial charge is 0.100 e. The average molecular weight is 130 g/mol. The maximum atomic E-state index is 5.59. The maximum Gasteiger partial charge on any atom is 0.113 e. The molecule has 2 radical (unpaired) electrons. The minimum absolute atomic E-state index is 0.875. The molecule has 1 heteroatoms. The number of hydrogen-bond acceptors (Lipinski definition) is 0. The lowest BCUT2D eigenvalue weighted by molar-refractivity contribution is 1.13.